The Morgan fingerprint density at radius 3 is 2.50 bits per heavy atom. The third-order valence-corrected chi connectivity index (χ3v) is 6.39. The summed E-state index contributed by atoms with van der Waals surface area (Å²) in [4.78, 5) is 11.3. The van der Waals surface area contributed by atoms with Gasteiger partial charge in [0.2, 0.25) is 0 Å². The van der Waals surface area contributed by atoms with Crippen molar-refractivity contribution in [3.63, 3.8) is 0 Å². The van der Waals surface area contributed by atoms with Crippen LogP contribution in [0, 0.1) is 0 Å². The monoisotopic (exact) mass is 571 g/mol. The molecule has 0 aliphatic carbocycles. The number of halogens is 4. The number of nitrogens with one attached hydrogen (secondary N) is 1. The summed E-state index contributed by atoms with van der Waals surface area (Å²) < 4.78 is 12.9. The van der Waals surface area contributed by atoms with Gasteiger partial charge in [-0.1, -0.05) is 11.6 Å². The highest BCUT2D eigenvalue weighted by Gasteiger charge is 2.23. The zero-order valence-electron chi connectivity index (χ0n) is 19.9. The summed E-state index contributed by atoms with van der Waals surface area (Å²) in [7, 11) is 3.22. The van der Waals surface area contributed by atoms with Gasteiger partial charge >= 0.3 is 0 Å². The van der Waals surface area contributed by atoms with E-state index in [0.29, 0.717) is 22.6 Å². The summed E-state index contributed by atoms with van der Waals surface area (Å²) in [6.45, 7) is 2.84. The molecular weight excluding hydrogens is 544 g/mol. The van der Waals surface area contributed by atoms with Crippen molar-refractivity contribution in [2.24, 2.45) is 0 Å². The van der Waals surface area contributed by atoms with Crippen LogP contribution in [-0.4, -0.2) is 47.7 Å². The molecule has 5 rings (SSSR count). The molecule has 1 aliphatic heterocycles. The van der Waals surface area contributed by atoms with Gasteiger partial charge in [0.25, 0.3) is 0 Å². The lowest BCUT2D eigenvalue weighted by atomic mass is 10.1. The summed E-state index contributed by atoms with van der Waals surface area (Å²) in [5.41, 5.74) is 4.93. The SMILES string of the molecule is COc1cc(OC)c(-c2cn3ccc(N4CC[C@H](NCc5ccncc5)C4)cc3n2)cc1Cl.Cl.Cl.Cl. The van der Waals surface area contributed by atoms with Crippen molar-refractivity contribution in [2.45, 2.75) is 19.0 Å². The number of aromatic nitrogens is 3. The number of benzene rings is 1. The van der Waals surface area contributed by atoms with Crippen LogP contribution in [0.1, 0.15) is 12.0 Å². The number of pyridine rings is 2. The second-order valence-electron chi connectivity index (χ2n) is 8.13. The fourth-order valence-corrected chi connectivity index (χ4v) is 4.52. The van der Waals surface area contributed by atoms with Gasteiger partial charge in [0.05, 0.1) is 24.9 Å². The molecule has 36 heavy (non-hydrogen) atoms. The number of hydrogen-bond acceptors (Lipinski definition) is 6. The van der Waals surface area contributed by atoms with E-state index in [1.807, 2.05) is 29.1 Å². The first-order chi connectivity index (χ1) is 16.1. The number of methoxy groups -OCH3 is 2. The summed E-state index contributed by atoms with van der Waals surface area (Å²) >= 11 is 6.37. The summed E-state index contributed by atoms with van der Waals surface area (Å²) in [5, 5.41) is 4.18. The summed E-state index contributed by atoms with van der Waals surface area (Å²) in [6, 6.07) is 12.4. The van der Waals surface area contributed by atoms with Crippen molar-refractivity contribution < 1.29 is 9.47 Å². The van der Waals surface area contributed by atoms with Gasteiger partial charge in [0.1, 0.15) is 17.1 Å². The molecule has 1 aliphatic rings. The highest BCUT2D eigenvalue weighted by molar-refractivity contribution is 6.32. The Balaban J connectivity index is 0.00000152. The van der Waals surface area contributed by atoms with Crippen molar-refractivity contribution in [1.29, 1.82) is 0 Å². The highest BCUT2D eigenvalue weighted by Crippen LogP contribution is 2.38. The molecule has 0 bridgehead atoms. The van der Waals surface area contributed by atoms with Crippen LogP contribution in [0.5, 0.6) is 11.5 Å². The summed E-state index contributed by atoms with van der Waals surface area (Å²) in [5.74, 6) is 1.24. The van der Waals surface area contributed by atoms with E-state index >= 15 is 0 Å². The number of fused-ring (bicyclic) bond motifs is 1. The Labute approximate surface area is 234 Å². The van der Waals surface area contributed by atoms with Gasteiger partial charge in [-0.05, 0) is 36.2 Å². The van der Waals surface area contributed by atoms with Crippen LogP contribution >= 0.6 is 48.8 Å². The van der Waals surface area contributed by atoms with Gasteiger partial charge in [0.15, 0.2) is 0 Å². The van der Waals surface area contributed by atoms with E-state index < -0.39 is 0 Å². The van der Waals surface area contributed by atoms with Crippen LogP contribution in [0.2, 0.25) is 5.02 Å². The van der Waals surface area contributed by atoms with Gasteiger partial charge in [0, 0.05) is 73.8 Å². The normalized spacial score (nSPS) is 14.5. The number of imidazole rings is 1. The fraction of sp³-hybridized carbons (Fsp3) is 0.280. The van der Waals surface area contributed by atoms with Crippen LogP contribution in [-0.2, 0) is 6.54 Å². The predicted octanol–water partition coefficient (Wildman–Crippen LogP) is 5.70. The zero-order chi connectivity index (χ0) is 22.8. The molecule has 0 saturated carbocycles. The molecule has 1 saturated heterocycles. The number of hydrogen-bond donors (Lipinski definition) is 1. The standard InChI is InChI=1S/C25H26ClN5O2.3ClH/c1-32-23-13-24(33-2)21(26)12-20(23)22-16-31-10-6-19(11-25(31)29-22)30-9-5-18(15-30)28-14-17-3-7-27-8-4-17;;;/h3-4,6-8,10-13,16,18,28H,5,9,14-15H2,1-2H3;3*1H/t18-;;;/m0.../s1. The Morgan fingerprint density at radius 1 is 1.03 bits per heavy atom. The Kier molecular flexibility index (Phi) is 10.9. The molecule has 1 atom stereocenters. The molecule has 1 aromatic carbocycles. The van der Waals surface area contributed by atoms with Crippen LogP contribution in [0.25, 0.3) is 16.9 Å². The van der Waals surface area contributed by atoms with E-state index in [0.717, 1.165) is 43.0 Å². The maximum absolute atomic E-state index is 6.37. The van der Waals surface area contributed by atoms with Crippen molar-refractivity contribution in [2.75, 3.05) is 32.2 Å². The molecule has 4 heterocycles. The highest BCUT2D eigenvalue weighted by atomic mass is 35.5. The first kappa shape index (κ1) is 29.8. The van der Waals surface area contributed by atoms with Gasteiger partial charge in [-0.3, -0.25) is 4.98 Å². The number of ether oxygens (including phenoxy) is 2. The quantitative estimate of drug-likeness (QED) is 0.306. The molecule has 3 aromatic heterocycles. The second-order valence-corrected chi connectivity index (χ2v) is 8.54. The largest absolute Gasteiger partial charge is 0.496 e. The summed E-state index contributed by atoms with van der Waals surface area (Å²) in [6.07, 6.45) is 8.82. The van der Waals surface area contributed by atoms with Crippen LogP contribution < -0.4 is 19.7 Å². The van der Waals surface area contributed by atoms with Crippen molar-refractivity contribution >= 4 is 60.2 Å². The van der Waals surface area contributed by atoms with E-state index in [9.17, 15) is 0 Å². The molecule has 0 spiro atoms. The average Bonchev–Trinajstić information content (AvgIpc) is 3.50. The molecule has 0 amide bonds. The van der Waals surface area contributed by atoms with Crippen LogP contribution in [0.3, 0.4) is 0 Å². The molecule has 194 valence electrons. The third-order valence-electron chi connectivity index (χ3n) is 6.09. The topological polar surface area (TPSA) is 63.9 Å². The lowest BCUT2D eigenvalue weighted by Crippen LogP contribution is -2.32. The van der Waals surface area contributed by atoms with Gasteiger partial charge in [-0.25, -0.2) is 4.98 Å². The zero-order valence-corrected chi connectivity index (χ0v) is 23.1. The minimum atomic E-state index is 0. The van der Waals surface area contributed by atoms with Crippen molar-refractivity contribution in [1.82, 2.24) is 19.7 Å². The van der Waals surface area contributed by atoms with E-state index in [4.69, 9.17) is 26.1 Å². The second kappa shape index (κ2) is 13.2. The minimum Gasteiger partial charge on any atom is -0.496 e. The number of anilines is 1. The predicted molar refractivity (Wildman–Crippen MR) is 152 cm³/mol. The maximum Gasteiger partial charge on any atom is 0.141 e. The fourth-order valence-electron chi connectivity index (χ4n) is 4.28. The van der Waals surface area contributed by atoms with E-state index in [-0.39, 0.29) is 37.2 Å². The van der Waals surface area contributed by atoms with Crippen LogP contribution in [0.15, 0.2) is 61.2 Å². The Hall–Kier alpha value is -2.42. The molecule has 1 N–H and O–H groups in total. The van der Waals surface area contributed by atoms with Crippen LogP contribution in [0.4, 0.5) is 5.69 Å². The minimum absolute atomic E-state index is 0. The van der Waals surface area contributed by atoms with Gasteiger partial charge in [-0.2, -0.15) is 0 Å². The molecule has 0 unspecified atom stereocenters. The lowest BCUT2D eigenvalue weighted by Gasteiger charge is -2.19. The molecule has 11 heteroatoms. The molecular formula is C25H29Cl4N5O2. The van der Waals surface area contributed by atoms with E-state index in [1.54, 1.807) is 20.3 Å². The van der Waals surface area contributed by atoms with Gasteiger partial charge in [-0.15, -0.1) is 37.2 Å². The smallest absolute Gasteiger partial charge is 0.141 e. The lowest BCUT2D eigenvalue weighted by molar-refractivity contribution is 0.395. The van der Waals surface area contributed by atoms with Crippen molar-refractivity contribution in [3.05, 3.63) is 71.8 Å². The van der Waals surface area contributed by atoms with E-state index in [2.05, 4.69) is 45.7 Å². The number of rotatable bonds is 7. The molecule has 4 aromatic rings. The van der Waals surface area contributed by atoms with Crippen molar-refractivity contribution in [3.8, 4) is 22.8 Å². The first-order valence-electron chi connectivity index (χ1n) is 10.9. The first-order valence-corrected chi connectivity index (χ1v) is 11.3. The third kappa shape index (κ3) is 6.28. The Bertz CT molecular complexity index is 1270. The average molecular weight is 573 g/mol. The molecule has 7 nitrogen and oxygen atoms in total. The number of nitrogens with zero attached hydrogens (tertiary/aromatic N) is 4. The Morgan fingerprint density at radius 2 is 1.78 bits per heavy atom. The van der Waals surface area contributed by atoms with Gasteiger partial charge < -0.3 is 24.1 Å². The maximum atomic E-state index is 6.37. The van der Waals surface area contributed by atoms with E-state index in [1.165, 1.54) is 11.3 Å². The molecule has 1 fully saturated rings. The molecule has 0 radical (unpaired) electrons.